The van der Waals surface area contributed by atoms with E-state index in [1.165, 1.54) is 25.1 Å². The maximum Gasteiger partial charge on any atom is 0.408 e. The molecule has 0 aromatic heterocycles. The Morgan fingerprint density at radius 2 is 1.80 bits per heavy atom. The van der Waals surface area contributed by atoms with Crippen LogP contribution in [0.1, 0.15) is 34.5 Å². The second-order valence-corrected chi connectivity index (χ2v) is 5.31. The summed E-state index contributed by atoms with van der Waals surface area (Å²) in [7, 11) is 0. The molecule has 1 unspecified atom stereocenters. The van der Waals surface area contributed by atoms with Gasteiger partial charge in [0.05, 0.1) is 5.56 Å². The van der Waals surface area contributed by atoms with Gasteiger partial charge >= 0.3 is 12.1 Å². The lowest BCUT2D eigenvalue weighted by Crippen LogP contribution is -2.34. The summed E-state index contributed by atoms with van der Waals surface area (Å²) in [6.07, 6.45) is -0.909. The van der Waals surface area contributed by atoms with Gasteiger partial charge in [0, 0.05) is 0 Å². The molecular formula is C18H17NO6. The van der Waals surface area contributed by atoms with Gasteiger partial charge in [-0.3, -0.25) is 4.79 Å². The molecule has 0 bridgehead atoms. The van der Waals surface area contributed by atoms with E-state index in [2.05, 4.69) is 5.32 Å². The number of aromatic hydroxyl groups is 1. The van der Waals surface area contributed by atoms with Crippen molar-refractivity contribution in [1.29, 1.82) is 0 Å². The number of carboxylic acids is 1. The van der Waals surface area contributed by atoms with Crippen LogP contribution in [0.5, 0.6) is 5.75 Å². The van der Waals surface area contributed by atoms with E-state index >= 15 is 0 Å². The van der Waals surface area contributed by atoms with Gasteiger partial charge in [-0.05, 0) is 30.2 Å². The van der Waals surface area contributed by atoms with Crippen LogP contribution in [0.15, 0.2) is 48.5 Å². The fourth-order valence-corrected chi connectivity index (χ4v) is 2.19. The van der Waals surface area contributed by atoms with Crippen molar-refractivity contribution in [2.24, 2.45) is 0 Å². The molecule has 1 amide bonds. The van der Waals surface area contributed by atoms with Crippen LogP contribution in [0.3, 0.4) is 0 Å². The van der Waals surface area contributed by atoms with Crippen LogP contribution in [-0.2, 0) is 16.1 Å². The number of nitrogens with one attached hydrogen (secondary N) is 1. The number of ether oxygens (including phenoxy) is 1. The lowest BCUT2D eigenvalue weighted by Gasteiger charge is -2.16. The van der Waals surface area contributed by atoms with Gasteiger partial charge in [-0.25, -0.2) is 9.59 Å². The zero-order valence-electron chi connectivity index (χ0n) is 13.4. The maximum atomic E-state index is 11.9. The van der Waals surface area contributed by atoms with Crippen LogP contribution in [-0.4, -0.2) is 28.1 Å². The second-order valence-electron chi connectivity index (χ2n) is 5.31. The largest absolute Gasteiger partial charge is 0.507 e. The van der Waals surface area contributed by atoms with Crippen molar-refractivity contribution in [3.63, 3.8) is 0 Å². The predicted octanol–water partition coefficient (Wildman–Crippen LogP) is 2.65. The molecule has 0 saturated heterocycles. The van der Waals surface area contributed by atoms with E-state index in [0.717, 1.165) is 5.56 Å². The Bertz CT molecular complexity index is 787. The van der Waals surface area contributed by atoms with E-state index in [4.69, 9.17) is 4.74 Å². The number of amides is 1. The van der Waals surface area contributed by atoms with Gasteiger partial charge in [-0.15, -0.1) is 0 Å². The minimum absolute atomic E-state index is 0.00666. The van der Waals surface area contributed by atoms with E-state index in [0.29, 0.717) is 0 Å². The number of carboxylic acid groups (broad SMARTS) is 1. The molecule has 7 heteroatoms. The van der Waals surface area contributed by atoms with Crippen LogP contribution < -0.4 is 5.32 Å². The second kappa shape index (κ2) is 7.96. The predicted molar refractivity (Wildman–Crippen MR) is 88.3 cm³/mol. The van der Waals surface area contributed by atoms with Crippen LogP contribution in [0.2, 0.25) is 0 Å². The van der Waals surface area contributed by atoms with Crippen molar-refractivity contribution in [2.75, 3.05) is 0 Å². The smallest absolute Gasteiger partial charge is 0.408 e. The SMILES string of the molecule is CC(=O)c1cc(C(NC(=O)OCc2ccccc2)C(=O)O)ccc1O. The Kier molecular flexibility index (Phi) is 5.73. The molecule has 25 heavy (non-hydrogen) atoms. The van der Waals surface area contributed by atoms with Gasteiger partial charge in [0.1, 0.15) is 12.4 Å². The molecule has 7 nitrogen and oxygen atoms in total. The summed E-state index contributed by atoms with van der Waals surface area (Å²) in [6, 6.07) is 11.3. The highest BCUT2D eigenvalue weighted by Crippen LogP contribution is 2.23. The van der Waals surface area contributed by atoms with Crippen molar-refractivity contribution < 1.29 is 29.3 Å². The van der Waals surface area contributed by atoms with Crippen molar-refractivity contribution in [3.8, 4) is 5.75 Å². The van der Waals surface area contributed by atoms with Crippen molar-refractivity contribution in [1.82, 2.24) is 5.32 Å². The average molecular weight is 343 g/mol. The van der Waals surface area contributed by atoms with Gasteiger partial charge in [-0.2, -0.15) is 0 Å². The molecule has 0 fully saturated rings. The number of aliphatic carboxylic acids is 1. The summed E-state index contributed by atoms with van der Waals surface area (Å²) >= 11 is 0. The molecule has 0 heterocycles. The molecule has 2 aromatic carbocycles. The van der Waals surface area contributed by atoms with E-state index in [-0.39, 0.29) is 23.5 Å². The fourth-order valence-electron chi connectivity index (χ4n) is 2.19. The van der Waals surface area contributed by atoms with Crippen LogP contribution in [0.25, 0.3) is 0 Å². The van der Waals surface area contributed by atoms with Crippen molar-refractivity contribution in [3.05, 3.63) is 65.2 Å². The minimum Gasteiger partial charge on any atom is -0.507 e. The van der Waals surface area contributed by atoms with E-state index < -0.39 is 23.9 Å². The van der Waals surface area contributed by atoms with E-state index in [1.807, 2.05) is 6.07 Å². The highest BCUT2D eigenvalue weighted by Gasteiger charge is 2.24. The minimum atomic E-state index is -1.41. The molecule has 0 aliphatic rings. The summed E-state index contributed by atoms with van der Waals surface area (Å²) in [5, 5.41) is 21.2. The standard InChI is InChI=1S/C18H17NO6/c1-11(20)14-9-13(7-8-15(14)21)16(17(22)23)19-18(24)25-10-12-5-3-2-4-6-12/h2-9,16,21H,10H2,1H3,(H,19,24)(H,22,23). The molecule has 2 rings (SSSR count). The van der Waals surface area contributed by atoms with E-state index in [1.54, 1.807) is 24.3 Å². The maximum absolute atomic E-state index is 11.9. The van der Waals surface area contributed by atoms with Gasteiger partial charge in [0.25, 0.3) is 0 Å². The number of carbonyl (C=O) groups is 3. The Hall–Kier alpha value is -3.35. The number of phenols is 1. The molecule has 0 aliphatic carbocycles. The zero-order valence-corrected chi connectivity index (χ0v) is 13.4. The quantitative estimate of drug-likeness (QED) is 0.695. The monoisotopic (exact) mass is 343 g/mol. The topological polar surface area (TPSA) is 113 Å². The van der Waals surface area contributed by atoms with Gasteiger partial charge < -0.3 is 20.3 Å². The van der Waals surface area contributed by atoms with Crippen LogP contribution in [0.4, 0.5) is 4.79 Å². The van der Waals surface area contributed by atoms with Crippen LogP contribution >= 0.6 is 0 Å². The molecular weight excluding hydrogens is 326 g/mol. The summed E-state index contributed by atoms with van der Waals surface area (Å²) in [5.74, 6) is -2.00. The third-order valence-corrected chi connectivity index (χ3v) is 3.46. The first kappa shape index (κ1) is 18.0. The number of carbonyl (C=O) groups excluding carboxylic acids is 2. The first-order chi connectivity index (χ1) is 11.9. The fraction of sp³-hybridized carbons (Fsp3) is 0.167. The number of Topliss-reactive ketones (excluding diaryl/α,β-unsaturated/α-hetero) is 1. The molecule has 130 valence electrons. The zero-order chi connectivity index (χ0) is 18.4. The number of benzene rings is 2. The lowest BCUT2D eigenvalue weighted by molar-refractivity contribution is -0.139. The highest BCUT2D eigenvalue weighted by molar-refractivity contribution is 5.97. The van der Waals surface area contributed by atoms with Gasteiger partial charge in [0.2, 0.25) is 0 Å². The van der Waals surface area contributed by atoms with E-state index in [9.17, 15) is 24.6 Å². The normalized spacial score (nSPS) is 11.4. The summed E-state index contributed by atoms with van der Waals surface area (Å²) < 4.78 is 5.00. The van der Waals surface area contributed by atoms with Gasteiger partial charge in [0.15, 0.2) is 11.8 Å². The molecule has 0 spiro atoms. The summed E-state index contributed by atoms with van der Waals surface area (Å²) in [6.45, 7) is 1.24. The van der Waals surface area contributed by atoms with Crippen LogP contribution in [0, 0.1) is 0 Å². The lowest BCUT2D eigenvalue weighted by atomic mass is 10.0. The highest BCUT2D eigenvalue weighted by atomic mass is 16.5. The number of phenolic OH excluding ortho intramolecular Hbond substituents is 1. The Morgan fingerprint density at radius 1 is 1.12 bits per heavy atom. The van der Waals surface area contributed by atoms with Crippen molar-refractivity contribution >= 4 is 17.8 Å². The third kappa shape index (κ3) is 4.81. The first-order valence-corrected chi connectivity index (χ1v) is 7.42. The first-order valence-electron chi connectivity index (χ1n) is 7.42. The number of hydrogen-bond acceptors (Lipinski definition) is 5. The Labute approximate surface area is 143 Å². The van der Waals surface area contributed by atoms with Crippen molar-refractivity contribution in [2.45, 2.75) is 19.6 Å². The molecule has 0 aliphatic heterocycles. The Balaban J connectivity index is 2.10. The molecule has 2 aromatic rings. The molecule has 1 atom stereocenters. The number of rotatable bonds is 6. The summed E-state index contributed by atoms with van der Waals surface area (Å²) in [4.78, 5) is 34.8. The average Bonchev–Trinajstić information content (AvgIpc) is 2.59. The summed E-state index contributed by atoms with van der Waals surface area (Å²) in [5.41, 5.74) is 0.878. The third-order valence-electron chi connectivity index (χ3n) is 3.46. The molecule has 0 radical (unpaired) electrons. The molecule has 3 N–H and O–H groups in total. The Morgan fingerprint density at radius 3 is 2.40 bits per heavy atom. The molecule has 0 saturated carbocycles. The number of ketones is 1. The van der Waals surface area contributed by atoms with Gasteiger partial charge in [-0.1, -0.05) is 36.4 Å². The number of hydrogen-bond donors (Lipinski definition) is 3. The number of alkyl carbamates (subject to hydrolysis) is 1.